The van der Waals surface area contributed by atoms with Crippen molar-refractivity contribution in [2.75, 3.05) is 6.54 Å². The fourth-order valence-electron chi connectivity index (χ4n) is 0.703. The second kappa shape index (κ2) is 5.03. The summed E-state index contributed by atoms with van der Waals surface area (Å²) < 4.78 is 0. The Morgan fingerprint density at radius 2 is 2.20 bits per heavy atom. The summed E-state index contributed by atoms with van der Waals surface area (Å²) in [4.78, 5) is 0. The van der Waals surface area contributed by atoms with Crippen LogP contribution >= 0.6 is 0 Å². The first-order valence-electron chi connectivity index (χ1n) is 3.59. The minimum atomic E-state index is 0.953. The van der Waals surface area contributed by atoms with Crippen molar-refractivity contribution >= 4 is 6.72 Å². The van der Waals surface area contributed by atoms with Gasteiger partial charge in [-0.25, -0.2) is 0 Å². The lowest BCUT2D eigenvalue weighted by atomic mass is 10.4. The Morgan fingerprint density at radius 1 is 1.60 bits per heavy atom. The molecular weight excluding hydrogens is 124 g/mol. The molecule has 0 spiro atoms. The van der Waals surface area contributed by atoms with Crippen molar-refractivity contribution in [3.63, 3.8) is 0 Å². The lowest BCUT2D eigenvalue weighted by molar-refractivity contribution is 0.399. The molecule has 0 aliphatic carbocycles. The van der Waals surface area contributed by atoms with Crippen molar-refractivity contribution in [1.82, 2.24) is 5.01 Å². The van der Waals surface area contributed by atoms with Crippen LogP contribution in [0.3, 0.4) is 0 Å². The van der Waals surface area contributed by atoms with E-state index in [4.69, 9.17) is 0 Å². The van der Waals surface area contributed by atoms with Gasteiger partial charge < -0.3 is 0 Å². The predicted molar refractivity (Wildman–Crippen MR) is 46.0 cm³/mol. The highest BCUT2D eigenvalue weighted by Crippen LogP contribution is 1.97. The second-order valence-corrected chi connectivity index (χ2v) is 2.51. The van der Waals surface area contributed by atoms with Crippen LogP contribution in [0.1, 0.15) is 27.2 Å². The van der Waals surface area contributed by atoms with E-state index in [1.807, 2.05) is 25.1 Å². The summed E-state index contributed by atoms with van der Waals surface area (Å²) in [5.41, 5.74) is 1.25. The Bertz CT molecular complexity index is 123. The van der Waals surface area contributed by atoms with Crippen molar-refractivity contribution in [2.45, 2.75) is 27.2 Å². The zero-order valence-electron chi connectivity index (χ0n) is 7.09. The van der Waals surface area contributed by atoms with Crippen molar-refractivity contribution in [1.29, 1.82) is 0 Å². The average Bonchev–Trinajstić information content (AvgIpc) is 1.86. The molecule has 0 saturated carbocycles. The molecule has 0 aromatic heterocycles. The van der Waals surface area contributed by atoms with E-state index in [1.54, 1.807) is 0 Å². The SMILES string of the molecule is C=NN(C=C(C)C)CCC. The first-order chi connectivity index (χ1) is 4.70. The Labute approximate surface area is 63.2 Å². The third-order valence-electron chi connectivity index (χ3n) is 1.04. The first-order valence-corrected chi connectivity index (χ1v) is 3.59. The molecule has 0 aliphatic rings. The molecule has 0 aliphatic heterocycles. The largest absolute Gasteiger partial charge is 0.273 e. The van der Waals surface area contributed by atoms with Gasteiger partial charge in [-0.1, -0.05) is 12.5 Å². The van der Waals surface area contributed by atoms with E-state index in [9.17, 15) is 0 Å². The zero-order valence-corrected chi connectivity index (χ0v) is 7.09. The summed E-state index contributed by atoms with van der Waals surface area (Å²) >= 11 is 0. The first kappa shape index (κ1) is 9.21. The van der Waals surface area contributed by atoms with Crippen LogP contribution in [0.25, 0.3) is 0 Å². The number of hydrogen-bond acceptors (Lipinski definition) is 2. The minimum absolute atomic E-state index is 0.953. The van der Waals surface area contributed by atoms with Gasteiger partial charge >= 0.3 is 0 Å². The van der Waals surface area contributed by atoms with Crippen molar-refractivity contribution < 1.29 is 0 Å². The number of hydrogen-bond donors (Lipinski definition) is 0. The van der Waals surface area contributed by atoms with Gasteiger partial charge in [0, 0.05) is 19.5 Å². The maximum absolute atomic E-state index is 3.82. The number of rotatable bonds is 4. The lowest BCUT2D eigenvalue weighted by Crippen LogP contribution is -2.10. The molecule has 10 heavy (non-hydrogen) atoms. The number of allylic oxidation sites excluding steroid dienone is 1. The molecule has 0 bridgehead atoms. The van der Waals surface area contributed by atoms with Crippen LogP contribution in [-0.2, 0) is 0 Å². The third-order valence-corrected chi connectivity index (χ3v) is 1.04. The Morgan fingerprint density at radius 3 is 2.50 bits per heavy atom. The van der Waals surface area contributed by atoms with E-state index in [2.05, 4.69) is 18.7 Å². The Balaban J connectivity index is 3.82. The van der Waals surface area contributed by atoms with Crippen molar-refractivity contribution in [2.24, 2.45) is 5.10 Å². The highest BCUT2D eigenvalue weighted by Gasteiger charge is 1.90. The molecule has 2 heteroatoms. The summed E-state index contributed by atoms with van der Waals surface area (Å²) in [6.07, 6.45) is 3.10. The summed E-state index contributed by atoms with van der Waals surface area (Å²) in [6, 6.07) is 0. The molecule has 0 unspecified atom stereocenters. The standard InChI is InChI=1S/C8H16N2/c1-5-6-10(9-4)7-8(2)3/h7H,4-6H2,1-3H3. The van der Waals surface area contributed by atoms with Gasteiger partial charge in [0.2, 0.25) is 0 Å². The number of nitrogens with zero attached hydrogens (tertiary/aromatic N) is 2. The molecule has 2 nitrogen and oxygen atoms in total. The molecule has 0 rings (SSSR count). The van der Waals surface area contributed by atoms with Gasteiger partial charge in [-0.05, 0) is 20.3 Å². The maximum Gasteiger partial charge on any atom is 0.0406 e. The summed E-state index contributed by atoms with van der Waals surface area (Å²) in [6.45, 7) is 10.6. The van der Waals surface area contributed by atoms with Crippen LogP contribution < -0.4 is 0 Å². The van der Waals surface area contributed by atoms with Gasteiger partial charge in [-0.3, -0.25) is 5.01 Å². The highest BCUT2D eigenvalue weighted by atomic mass is 15.4. The molecular formula is C8H16N2. The van der Waals surface area contributed by atoms with Gasteiger partial charge in [0.25, 0.3) is 0 Å². The fourth-order valence-corrected chi connectivity index (χ4v) is 0.703. The summed E-state index contributed by atoms with van der Waals surface area (Å²) in [7, 11) is 0. The maximum atomic E-state index is 3.82. The van der Waals surface area contributed by atoms with Gasteiger partial charge in [0.15, 0.2) is 0 Å². The number of hydrazone groups is 1. The van der Waals surface area contributed by atoms with Crippen molar-refractivity contribution in [3.05, 3.63) is 11.8 Å². The van der Waals surface area contributed by atoms with E-state index >= 15 is 0 Å². The van der Waals surface area contributed by atoms with E-state index < -0.39 is 0 Å². The molecule has 0 saturated heterocycles. The van der Waals surface area contributed by atoms with Gasteiger partial charge in [0.05, 0.1) is 0 Å². The minimum Gasteiger partial charge on any atom is -0.273 e. The van der Waals surface area contributed by atoms with Gasteiger partial charge in [-0.2, -0.15) is 5.10 Å². The Kier molecular flexibility index (Phi) is 4.63. The smallest absolute Gasteiger partial charge is 0.0406 e. The lowest BCUT2D eigenvalue weighted by Gasteiger charge is -2.11. The van der Waals surface area contributed by atoms with Crippen LogP contribution in [0, 0.1) is 0 Å². The second-order valence-electron chi connectivity index (χ2n) is 2.51. The molecule has 0 fully saturated rings. The third kappa shape index (κ3) is 4.13. The van der Waals surface area contributed by atoms with E-state index in [0.717, 1.165) is 13.0 Å². The van der Waals surface area contributed by atoms with E-state index in [-0.39, 0.29) is 0 Å². The molecule has 0 atom stereocenters. The molecule has 0 radical (unpaired) electrons. The zero-order chi connectivity index (χ0) is 7.98. The van der Waals surface area contributed by atoms with Crippen LogP contribution in [0.5, 0.6) is 0 Å². The highest BCUT2D eigenvalue weighted by molar-refractivity contribution is 5.22. The van der Waals surface area contributed by atoms with Gasteiger partial charge in [0.1, 0.15) is 0 Å². The van der Waals surface area contributed by atoms with Crippen molar-refractivity contribution in [3.8, 4) is 0 Å². The van der Waals surface area contributed by atoms with Crippen LogP contribution in [-0.4, -0.2) is 18.3 Å². The normalized spacial score (nSPS) is 8.70. The molecule has 0 aromatic carbocycles. The predicted octanol–water partition coefficient (Wildman–Crippen LogP) is 2.24. The Hall–Kier alpha value is -0.790. The molecule has 58 valence electrons. The van der Waals surface area contributed by atoms with E-state index in [0.29, 0.717) is 0 Å². The van der Waals surface area contributed by atoms with Crippen LogP contribution in [0.15, 0.2) is 16.9 Å². The monoisotopic (exact) mass is 140 g/mol. The van der Waals surface area contributed by atoms with E-state index in [1.165, 1.54) is 5.57 Å². The topological polar surface area (TPSA) is 15.6 Å². The molecule has 0 amide bonds. The molecule has 0 aromatic rings. The molecule has 0 N–H and O–H groups in total. The average molecular weight is 140 g/mol. The van der Waals surface area contributed by atoms with Crippen LogP contribution in [0.4, 0.5) is 0 Å². The summed E-state index contributed by atoms with van der Waals surface area (Å²) in [5, 5.41) is 5.68. The van der Waals surface area contributed by atoms with Gasteiger partial charge in [-0.15, -0.1) is 0 Å². The summed E-state index contributed by atoms with van der Waals surface area (Å²) in [5.74, 6) is 0. The fraction of sp³-hybridized carbons (Fsp3) is 0.625. The van der Waals surface area contributed by atoms with Crippen LogP contribution in [0.2, 0.25) is 0 Å². The quantitative estimate of drug-likeness (QED) is 0.432. The molecule has 0 heterocycles.